The topological polar surface area (TPSA) is 93.9 Å². The Morgan fingerprint density at radius 3 is 2.30 bits per heavy atom. The molecule has 5 rings (SSSR count). The fraction of sp³-hybridized carbons (Fsp3) is 0.276. The maximum absolute atomic E-state index is 13.4. The molecule has 0 spiro atoms. The number of amides is 1. The Balaban J connectivity index is 1.43. The predicted molar refractivity (Wildman–Crippen MR) is 140 cm³/mol. The fourth-order valence-corrected chi connectivity index (χ4v) is 5.19. The summed E-state index contributed by atoms with van der Waals surface area (Å²) in [5, 5.41) is 10.5. The van der Waals surface area contributed by atoms with Gasteiger partial charge in [0.15, 0.2) is 0 Å². The maximum atomic E-state index is 13.4. The van der Waals surface area contributed by atoms with Crippen LogP contribution in [-0.4, -0.2) is 52.2 Å². The summed E-state index contributed by atoms with van der Waals surface area (Å²) in [7, 11) is 2.70. The summed E-state index contributed by atoms with van der Waals surface area (Å²) in [6.07, 6.45) is -2.16. The third-order valence-corrected chi connectivity index (χ3v) is 7.12. The molecule has 0 radical (unpaired) electrons. The van der Waals surface area contributed by atoms with Crippen LogP contribution in [0.25, 0.3) is 11.0 Å². The Kier molecular flexibility index (Phi) is 7.14. The molecule has 0 fully saturated rings. The van der Waals surface area contributed by atoms with Crippen LogP contribution in [-0.2, 0) is 36.9 Å². The van der Waals surface area contributed by atoms with Crippen molar-refractivity contribution in [3.63, 3.8) is 0 Å². The van der Waals surface area contributed by atoms with Crippen molar-refractivity contribution in [2.45, 2.75) is 32.1 Å². The van der Waals surface area contributed by atoms with Gasteiger partial charge in [-0.3, -0.25) is 4.79 Å². The molecule has 3 heterocycles. The summed E-state index contributed by atoms with van der Waals surface area (Å²) in [6, 6.07) is 11.9. The van der Waals surface area contributed by atoms with Gasteiger partial charge < -0.3 is 24.0 Å². The molecule has 40 heavy (non-hydrogen) atoms. The number of carbonyl (C=O) groups is 2. The summed E-state index contributed by atoms with van der Waals surface area (Å²) in [5.41, 5.74) is 3.04. The minimum atomic E-state index is -4.41. The SMILES string of the molecule is COc1cc(CC(=O)N2CCc3c(n(Cc4ccc(C(F)(F)F)cc4)c4ncccc34)C2)cc(OC)c1C(=O)O. The van der Waals surface area contributed by atoms with Crippen LogP contribution in [0, 0.1) is 0 Å². The Labute approximate surface area is 227 Å². The molecule has 8 nitrogen and oxygen atoms in total. The van der Waals surface area contributed by atoms with Crippen LogP contribution in [0.4, 0.5) is 13.2 Å². The van der Waals surface area contributed by atoms with E-state index in [0.29, 0.717) is 42.8 Å². The molecule has 0 bridgehead atoms. The van der Waals surface area contributed by atoms with Gasteiger partial charge in [-0.05, 0) is 59.5 Å². The molecular formula is C29H26F3N3O5. The Hall–Kier alpha value is -4.54. The van der Waals surface area contributed by atoms with Crippen LogP contribution in [0.3, 0.4) is 0 Å². The highest BCUT2D eigenvalue weighted by molar-refractivity contribution is 5.94. The molecule has 208 valence electrons. The van der Waals surface area contributed by atoms with E-state index in [1.807, 2.05) is 16.7 Å². The van der Waals surface area contributed by atoms with Crippen molar-refractivity contribution in [3.8, 4) is 11.5 Å². The molecule has 0 saturated carbocycles. The second-order valence-electron chi connectivity index (χ2n) is 9.50. The monoisotopic (exact) mass is 553 g/mol. The van der Waals surface area contributed by atoms with E-state index in [1.165, 1.54) is 38.5 Å². The Morgan fingerprint density at radius 2 is 1.70 bits per heavy atom. The van der Waals surface area contributed by atoms with Crippen LogP contribution in [0.2, 0.25) is 0 Å². The molecule has 11 heteroatoms. The average Bonchev–Trinajstić information content (AvgIpc) is 3.24. The lowest BCUT2D eigenvalue weighted by atomic mass is 10.0. The molecule has 2 aromatic heterocycles. The first kappa shape index (κ1) is 27.0. The van der Waals surface area contributed by atoms with Gasteiger partial charge in [0, 0.05) is 30.4 Å². The number of pyridine rings is 1. The number of carbonyl (C=O) groups excluding carboxylic acids is 1. The molecule has 0 aliphatic carbocycles. The first-order chi connectivity index (χ1) is 19.1. The smallest absolute Gasteiger partial charge is 0.416 e. The number of aromatic nitrogens is 2. The van der Waals surface area contributed by atoms with Gasteiger partial charge in [0.1, 0.15) is 22.7 Å². The Bertz CT molecular complexity index is 1570. The van der Waals surface area contributed by atoms with Crippen molar-refractivity contribution in [2.75, 3.05) is 20.8 Å². The summed E-state index contributed by atoms with van der Waals surface area (Å²) in [5.74, 6) is -1.18. The normalized spacial score (nSPS) is 13.3. The van der Waals surface area contributed by atoms with Crippen LogP contribution in [0.15, 0.2) is 54.7 Å². The van der Waals surface area contributed by atoms with Gasteiger partial charge in [-0.15, -0.1) is 0 Å². The van der Waals surface area contributed by atoms with E-state index in [9.17, 15) is 27.9 Å². The van der Waals surface area contributed by atoms with E-state index in [2.05, 4.69) is 4.98 Å². The van der Waals surface area contributed by atoms with Gasteiger partial charge in [0.2, 0.25) is 5.91 Å². The summed E-state index contributed by atoms with van der Waals surface area (Å²) in [4.78, 5) is 31.3. The second kappa shape index (κ2) is 10.6. The number of nitrogens with zero attached hydrogens (tertiary/aromatic N) is 3. The van der Waals surface area contributed by atoms with Gasteiger partial charge in [-0.1, -0.05) is 12.1 Å². The summed E-state index contributed by atoms with van der Waals surface area (Å²) >= 11 is 0. The quantitative estimate of drug-likeness (QED) is 0.348. The molecule has 1 N–H and O–H groups in total. The number of methoxy groups -OCH3 is 2. The lowest BCUT2D eigenvalue weighted by molar-refractivity contribution is -0.137. The summed E-state index contributed by atoms with van der Waals surface area (Å²) < 4.78 is 51.6. The first-order valence-corrected chi connectivity index (χ1v) is 12.5. The minimum Gasteiger partial charge on any atom is -0.496 e. The molecule has 4 aromatic rings. The highest BCUT2D eigenvalue weighted by Crippen LogP contribution is 2.34. The number of halogens is 3. The minimum absolute atomic E-state index is 0.000659. The number of carboxylic acid groups (broad SMARTS) is 1. The van der Waals surface area contributed by atoms with Gasteiger partial charge in [0.25, 0.3) is 0 Å². The van der Waals surface area contributed by atoms with Crippen molar-refractivity contribution in [3.05, 3.63) is 88.2 Å². The van der Waals surface area contributed by atoms with E-state index >= 15 is 0 Å². The number of benzene rings is 2. The molecule has 0 atom stereocenters. The van der Waals surface area contributed by atoms with Crippen molar-refractivity contribution in [1.82, 2.24) is 14.5 Å². The number of aromatic carboxylic acids is 1. The highest BCUT2D eigenvalue weighted by atomic mass is 19.4. The zero-order valence-electron chi connectivity index (χ0n) is 21.8. The number of hydrogen-bond acceptors (Lipinski definition) is 5. The van der Waals surface area contributed by atoms with Crippen molar-refractivity contribution in [1.29, 1.82) is 0 Å². The van der Waals surface area contributed by atoms with Gasteiger partial charge in [0.05, 0.1) is 32.7 Å². The maximum Gasteiger partial charge on any atom is 0.416 e. The summed E-state index contributed by atoms with van der Waals surface area (Å²) in [6.45, 7) is 1.07. The number of hydrogen-bond donors (Lipinski definition) is 1. The molecule has 0 saturated heterocycles. The standard InChI is InChI=1S/C29H26F3N3O5/c1-39-23-12-18(13-24(40-2)26(23)28(37)38)14-25(36)34-11-9-20-21-4-3-10-33-27(21)35(22(20)16-34)15-17-5-7-19(8-6-17)29(30,31)32/h3-8,10,12-13H,9,11,14-16H2,1-2H3,(H,37,38). The van der Waals surface area contributed by atoms with E-state index in [0.717, 1.165) is 28.8 Å². The number of carboxylic acids is 1. The number of fused-ring (bicyclic) bond motifs is 3. The number of ether oxygens (including phenoxy) is 2. The lowest BCUT2D eigenvalue weighted by Gasteiger charge is -2.29. The van der Waals surface area contributed by atoms with Gasteiger partial charge in [-0.25, -0.2) is 9.78 Å². The zero-order valence-corrected chi connectivity index (χ0v) is 21.8. The number of rotatable bonds is 7. The van der Waals surface area contributed by atoms with E-state index in [4.69, 9.17) is 9.47 Å². The fourth-order valence-electron chi connectivity index (χ4n) is 5.19. The van der Waals surface area contributed by atoms with Crippen molar-refractivity contribution >= 4 is 22.9 Å². The van der Waals surface area contributed by atoms with Crippen LogP contribution in [0.1, 0.15) is 38.3 Å². The Morgan fingerprint density at radius 1 is 1.02 bits per heavy atom. The first-order valence-electron chi connectivity index (χ1n) is 12.5. The molecular weight excluding hydrogens is 527 g/mol. The van der Waals surface area contributed by atoms with Gasteiger partial charge in [-0.2, -0.15) is 13.2 Å². The predicted octanol–water partition coefficient (Wildman–Crippen LogP) is 4.95. The van der Waals surface area contributed by atoms with Crippen molar-refractivity contribution < 1.29 is 37.3 Å². The van der Waals surface area contributed by atoms with Crippen molar-refractivity contribution in [2.24, 2.45) is 0 Å². The van der Waals surface area contributed by atoms with Crippen LogP contribution < -0.4 is 9.47 Å². The molecule has 1 aliphatic heterocycles. The number of alkyl halides is 3. The highest BCUT2D eigenvalue weighted by Gasteiger charge is 2.31. The zero-order chi connectivity index (χ0) is 28.6. The largest absolute Gasteiger partial charge is 0.496 e. The molecule has 1 amide bonds. The molecule has 0 unspecified atom stereocenters. The van der Waals surface area contributed by atoms with Crippen LogP contribution >= 0.6 is 0 Å². The second-order valence-corrected chi connectivity index (χ2v) is 9.50. The van der Waals surface area contributed by atoms with E-state index in [1.54, 1.807) is 11.1 Å². The van der Waals surface area contributed by atoms with Crippen LogP contribution in [0.5, 0.6) is 11.5 Å². The molecule has 1 aliphatic rings. The average molecular weight is 554 g/mol. The van der Waals surface area contributed by atoms with E-state index in [-0.39, 0.29) is 29.4 Å². The molecule has 2 aromatic carbocycles. The third kappa shape index (κ3) is 5.06. The third-order valence-electron chi connectivity index (χ3n) is 7.12. The lowest BCUT2D eigenvalue weighted by Crippen LogP contribution is -2.37. The van der Waals surface area contributed by atoms with E-state index < -0.39 is 17.7 Å². The van der Waals surface area contributed by atoms with Gasteiger partial charge >= 0.3 is 12.1 Å².